The van der Waals surface area contributed by atoms with Crippen molar-refractivity contribution in [1.29, 1.82) is 0 Å². The van der Waals surface area contributed by atoms with E-state index in [1.165, 1.54) is 12.1 Å². The molecule has 0 spiro atoms. The SMILES string of the molecule is CCCC[C@H](NC(=O)[C@H](Cc1ccc(O)cc1)NC(=O)OC(C)(C)C)C(=O)NCC(=O)N[C@H](Cc1c[nH]c2ccccc12)C(=O)N[C@@H](CCCC)C(=O)N[C@@H](CC(=O)O)C(=O)NCCc1ccccc1. The Morgan fingerprint density at radius 1 is 0.614 bits per heavy atom. The van der Waals surface area contributed by atoms with Crippen LogP contribution >= 0.6 is 0 Å². The topological polar surface area (TPSA) is 286 Å². The van der Waals surface area contributed by atoms with Crippen LogP contribution in [-0.4, -0.2) is 112 Å². The van der Waals surface area contributed by atoms with Gasteiger partial charge in [-0.25, -0.2) is 4.79 Å². The van der Waals surface area contributed by atoms with Gasteiger partial charge in [0.2, 0.25) is 35.4 Å². The average Bonchev–Trinajstić information content (AvgIpc) is 3.72. The molecule has 0 unspecified atom stereocenters. The molecule has 3 aromatic carbocycles. The predicted octanol–water partition coefficient (Wildman–Crippen LogP) is 3.82. The maximum atomic E-state index is 14.3. The van der Waals surface area contributed by atoms with Gasteiger partial charge in [0.25, 0.3) is 0 Å². The van der Waals surface area contributed by atoms with Crippen molar-refractivity contribution in [3.63, 3.8) is 0 Å². The first-order valence-electron chi connectivity index (χ1n) is 23.7. The molecule has 10 N–H and O–H groups in total. The number of rotatable bonds is 27. The van der Waals surface area contributed by atoms with E-state index in [1.54, 1.807) is 39.1 Å². The van der Waals surface area contributed by atoms with Crippen molar-refractivity contribution in [2.75, 3.05) is 13.1 Å². The Morgan fingerprint density at radius 2 is 1.17 bits per heavy atom. The average molecular weight is 969 g/mol. The number of aromatic nitrogens is 1. The van der Waals surface area contributed by atoms with Gasteiger partial charge in [-0.3, -0.25) is 33.6 Å². The van der Waals surface area contributed by atoms with Crippen molar-refractivity contribution in [3.05, 3.63) is 102 Å². The Bertz CT molecular complexity index is 2380. The molecule has 7 amide bonds. The second-order valence-corrected chi connectivity index (χ2v) is 18.1. The molecular weight excluding hydrogens is 901 g/mol. The number of phenolic OH excluding ortho intramolecular Hbond substituents is 1. The van der Waals surface area contributed by atoms with Gasteiger partial charge in [-0.15, -0.1) is 0 Å². The van der Waals surface area contributed by atoms with E-state index in [4.69, 9.17) is 4.74 Å². The summed E-state index contributed by atoms with van der Waals surface area (Å²) < 4.78 is 5.39. The Morgan fingerprint density at radius 3 is 1.79 bits per heavy atom. The lowest BCUT2D eigenvalue weighted by Crippen LogP contribution is -2.58. The third-order valence-corrected chi connectivity index (χ3v) is 11.1. The van der Waals surface area contributed by atoms with E-state index < -0.39 is 96.3 Å². The van der Waals surface area contributed by atoms with Crippen molar-refractivity contribution in [2.45, 2.75) is 135 Å². The summed E-state index contributed by atoms with van der Waals surface area (Å²) in [4.78, 5) is 110. The number of unbranched alkanes of at least 4 members (excludes halogenated alkanes) is 2. The number of carboxylic acid groups (broad SMARTS) is 1. The van der Waals surface area contributed by atoms with Crippen molar-refractivity contribution in [2.24, 2.45) is 0 Å². The minimum absolute atomic E-state index is 0.00900. The van der Waals surface area contributed by atoms with Gasteiger partial charge in [0.05, 0.1) is 13.0 Å². The Balaban J connectivity index is 1.50. The summed E-state index contributed by atoms with van der Waals surface area (Å²) in [7, 11) is 0. The third-order valence-electron chi connectivity index (χ3n) is 11.1. The first-order chi connectivity index (χ1) is 33.3. The van der Waals surface area contributed by atoms with Crippen LogP contribution in [0.15, 0.2) is 85.1 Å². The van der Waals surface area contributed by atoms with Gasteiger partial charge in [-0.2, -0.15) is 0 Å². The van der Waals surface area contributed by atoms with Gasteiger partial charge in [0.15, 0.2) is 0 Å². The van der Waals surface area contributed by atoms with Gasteiger partial charge in [-0.1, -0.05) is 100 Å². The highest BCUT2D eigenvalue weighted by molar-refractivity contribution is 5.97. The number of hydrogen-bond donors (Lipinski definition) is 10. The summed E-state index contributed by atoms with van der Waals surface area (Å²) in [5, 5.41) is 38.7. The van der Waals surface area contributed by atoms with Crippen LogP contribution in [0.2, 0.25) is 0 Å². The molecule has 0 saturated carbocycles. The Hall–Kier alpha value is -7.44. The number of phenols is 1. The van der Waals surface area contributed by atoms with Crippen LogP contribution in [0.1, 0.15) is 96.3 Å². The number of carbonyl (C=O) groups excluding carboxylic acids is 7. The largest absolute Gasteiger partial charge is 0.508 e. The smallest absolute Gasteiger partial charge is 0.408 e. The number of aliphatic carboxylic acids is 1. The molecule has 1 heterocycles. The van der Waals surface area contributed by atoms with E-state index in [-0.39, 0.29) is 38.0 Å². The third kappa shape index (κ3) is 18.9. The molecule has 4 aromatic rings. The molecule has 0 saturated heterocycles. The summed E-state index contributed by atoms with van der Waals surface area (Å²) >= 11 is 0. The second kappa shape index (κ2) is 27.5. The molecule has 0 aliphatic carbocycles. The molecule has 19 heteroatoms. The van der Waals surface area contributed by atoms with E-state index in [1.807, 2.05) is 68.4 Å². The minimum Gasteiger partial charge on any atom is -0.508 e. The van der Waals surface area contributed by atoms with Crippen LogP contribution in [0.3, 0.4) is 0 Å². The number of H-pyrrole nitrogens is 1. The molecule has 4 rings (SSSR count). The summed E-state index contributed by atoms with van der Waals surface area (Å²) in [5.74, 6) is -5.74. The zero-order valence-electron chi connectivity index (χ0n) is 40.5. The normalized spacial score (nSPS) is 13.3. The molecule has 19 nitrogen and oxygen atoms in total. The van der Waals surface area contributed by atoms with Crippen molar-refractivity contribution < 1.29 is 53.3 Å². The van der Waals surface area contributed by atoms with E-state index in [9.17, 15) is 48.6 Å². The summed E-state index contributed by atoms with van der Waals surface area (Å²) in [6.07, 6.45) is 3.13. The van der Waals surface area contributed by atoms with Gasteiger partial charge in [0.1, 0.15) is 41.6 Å². The molecular formula is C51H68N8O11. The molecule has 5 atom stereocenters. The number of alkyl carbamates (subject to hydrolysis) is 1. The van der Waals surface area contributed by atoms with E-state index >= 15 is 0 Å². The summed E-state index contributed by atoms with van der Waals surface area (Å²) in [5.41, 5.74) is 2.11. The molecule has 0 fully saturated rings. The van der Waals surface area contributed by atoms with Gasteiger partial charge in [-0.05, 0) is 74.9 Å². The zero-order chi connectivity index (χ0) is 51.2. The fourth-order valence-corrected chi connectivity index (χ4v) is 7.45. The van der Waals surface area contributed by atoms with E-state index in [0.717, 1.165) is 16.5 Å². The molecule has 0 aliphatic rings. The molecule has 378 valence electrons. The monoisotopic (exact) mass is 969 g/mol. The molecule has 0 radical (unpaired) electrons. The highest BCUT2D eigenvalue weighted by atomic mass is 16.6. The lowest BCUT2D eigenvalue weighted by molar-refractivity contribution is -0.141. The first-order valence-corrected chi connectivity index (χ1v) is 23.7. The van der Waals surface area contributed by atoms with Crippen LogP contribution in [0.25, 0.3) is 10.9 Å². The van der Waals surface area contributed by atoms with Crippen molar-refractivity contribution in [3.8, 4) is 5.75 Å². The quantitative estimate of drug-likeness (QED) is 0.0410. The number of hydrogen-bond acceptors (Lipinski definition) is 10. The number of para-hydroxylation sites is 1. The minimum atomic E-state index is -1.45. The van der Waals surface area contributed by atoms with Crippen molar-refractivity contribution >= 4 is 58.4 Å². The highest BCUT2D eigenvalue weighted by Crippen LogP contribution is 2.20. The maximum absolute atomic E-state index is 14.3. The molecule has 0 bridgehead atoms. The number of aromatic hydroxyl groups is 1. The van der Waals surface area contributed by atoms with Gasteiger partial charge < -0.3 is 57.2 Å². The van der Waals surface area contributed by atoms with Gasteiger partial charge in [0, 0.05) is 36.5 Å². The first kappa shape index (κ1) is 55.2. The Labute approximate surface area is 408 Å². The van der Waals surface area contributed by atoms with Gasteiger partial charge >= 0.3 is 12.1 Å². The standard InChI is InChI=1S/C51H68N8O11/c1-6-8-18-38(56-48(67)40(59-50(69)70-51(3,4)5)27-33-21-23-35(60)24-22-33)45(64)54-31-43(61)55-41(28-34-30-53-37-20-14-13-17-36(34)37)49(68)57-39(19-9-7-2)47(66)58-42(29-44(62)63)46(65)52-26-25-32-15-11-10-12-16-32/h10-17,20-24,30,38-42,53,60H,6-9,18-19,25-29,31H2,1-5H3,(H,52,65)(H,54,64)(H,55,61)(H,56,67)(H,57,68)(H,58,66)(H,59,69)(H,62,63)/t38-,39-,40-,41+,42-/m0/s1. The number of carbonyl (C=O) groups is 8. The molecule has 1 aromatic heterocycles. The fourth-order valence-electron chi connectivity index (χ4n) is 7.45. The lowest BCUT2D eigenvalue weighted by atomic mass is 10.0. The van der Waals surface area contributed by atoms with Crippen LogP contribution in [0, 0.1) is 0 Å². The summed E-state index contributed by atoms with van der Waals surface area (Å²) in [6.45, 7) is 8.36. The van der Waals surface area contributed by atoms with Crippen molar-refractivity contribution in [1.82, 2.24) is 42.2 Å². The number of benzene rings is 3. The predicted molar refractivity (Wildman–Crippen MR) is 262 cm³/mol. The van der Waals surface area contributed by atoms with Crippen LogP contribution in [0.5, 0.6) is 5.75 Å². The van der Waals surface area contributed by atoms with Crippen LogP contribution in [0.4, 0.5) is 4.79 Å². The zero-order valence-corrected chi connectivity index (χ0v) is 40.5. The fraction of sp³-hybridized carbons (Fsp3) is 0.451. The summed E-state index contributed by atoms with van der Waals surface area (Å²) in [6, 6.07) is 16.4. The van der Waals surface area contributed by atoms with Crippen LogP contribution < -0.4 is 37.2 Å². The maximum Gasteiger partial charge on any atom is 0.408 e. The van der Waals surface area contributed by atoms with E-state index in [0.29, 0.717) is 43.2 Å². The number of nitrogens with one attached hydrogen (secondary N) is 8. The second-order valence-electron chi connectivity index (χ2n) is 18.1. The molecule has 0 aliphatic heterocycles. The Kier molecular flexibility index (Phi) is 21.7. The van der Waals surface area contributed by atoms with Crippen LogP contribution in [-0.2, 0) is 57.6 Å². The molecule has 70 heavy (non-hydrogen) atoms. The lowest BCUT2D eigenvalue weighted by Gasteiger charge is -2.26. The number of amides is 7. The number of carboxylic acids is 1. The number of ether oxygens (including phenoxy) is 1. The highest BCUT2D eigenvalue weighted by Gasteiger charge is 2.32. The van der Waals surface area contributed by atoms with E-state index in [2.05, 4.69) is 42.2 Å². The number of fused-ring (bicyclic) bond motifs is 1. The number of aromatic amines is 1.